The Bertz CT molecular complexity index is 273. The molecular weight excluding hydrogens is 185 g/mol. The Morgan fingerprint density at radius 1 is 1.17 bits per heavy atom. The van der Waals surface area contributed by atoms with Gasteiger partial charge in [0.1, 0.15) is 0 Å². The van der Waals surface area contributed by atoms with Crippen molar-refractivity contribution in [3.05, 3.63) is 35.1 Å². The lowest BCUT2D eigenvalue weighted by Crippen LogP contribution is -1.94. The molecule has 4 heteroatoms. The van der Waals surface area contributed by atoms with Crippen molar-refractivity contribution in [2.24, 2.45) is 0 Å². The van der Waals surface area contributed by atoms with Crippen molar-refractivity contribution in [2.45, 2.75) is 12.2 Å². The van der Waals surface area contributed by atoms with Gasteiger partial charge < -0.3 is 0 Å². The fraction of sp³-hybridized carbons (Fsp3) is 0.250. The Morgan fingerprint density at radius 2 is 1.58 bits per heavy atom. The van der Waals surface area contributed by atoms with Crippen molar-refractivity contribution in [1.29, 1.82) is 0 Å². The molecule has 0 fully saturated rings. The third-order valence-electron chi connectivity index (χ3n) is 1.49. The molecule has 12 heavy (non-hydrogen) atoms. The number of halogens is 3. The zero-order valence-electron chi connectivity index (χ0n) is 6.31. The van der Waals surface area contributed by atoms with Crippen LogP contribution in [0.25, 0.3) is 0 Å². The fourth-order valence-electron chi connectivity index (χ4n) is 0.816. The Hall–Kier alpha value is -0.640. The molecule has 1 aromatic rings. The minimum atomic E-state index is -1.44. The van der Waals surface area contributed by atoms with Crippen LogP contribution in [-0.4, -0.2) is 0 Å². The third kappa shape index (κ3) is 1.75. The van der Waals surface area contributed by atoms with Crippen LogP contribution < -0.4 is 0 Å². The largest absolute Gasteiger partial charge is 0.204 e. The van der Waals surface area contributed by atoms with Gasteiger partial charge in [0.15, 0.2) is 17.5 Å². The molecule has 1 aromatic carbocycles. The van der Waals surface area contributed by atoms with Crippen LogP contribution in [0.4, 0.5) is 13.2 Å². The predicted octanol–water partition coefficient (Wildman–Crippen LogP) is 3.09. The summed E-state index contributed by atoms with van der Waals surface area (Å²) in [4.78, 5) is 0. The van der Waals surface area contributed by atoms with Gasteiger partial charge in [0.2, 0.25) is 0 Å². The van der Waals surface area contributed by atoms with Crippen LogP contribution in [0.1, 0.15) is 17.7 Å². The number of benzene rings is 1. The standard InChI is InChI=1S/C8H7F3S/c1-4(12)5-2-6(9)8(11)7(10)3-5/h2-4,12H,1H3. The van der Waals surface area contributed by atoms with Gasteiger partial charge in [-0.25, -0.2) is 13.2 Å². The summed E-state index contributed by atoms with van der Waals surface area (Å²) in [6, 6.07) is 1.88. The molecule has 0 aromatic heterocycles. The molecule has 0 bridgehead atoms. The van der Waals surface area contributed by atoms with Crippen LogP contribution in [0.2, 0.25) is 0 Å². The molecule has 0 aliphatic rings. The summed E-state index contributed by atoms with van der Waals surface area (Å²) in [5.41, 5.74) is 0.328. The van der Waals surface area contributed by atoms with E-state index in [1.807, 2.05) is 0 Å². The molecule has 0 amide bonds. The molecule has 66 valence electrons. The average Bonchev–Trinajstić information content (AvgIpc) is 1.99. The lowest BCUT2D eigenvalue weighted by atomic mass is 10.1. The minimum Gasteiger partial charge on any atom is -0.204 e. The van der Waals surface area contributed by atoms with E-state index >= 15 is 0 Å². The predicted molar refractivity (Wildman–Crippen MR) is 43.7 cm³/mol. The van der Waals surface area contributed by atoms with Gasteiger partial charge in [-0.1, -0.05) is 0 Å². The molecular formula is C8H7F3S. The Morgan fingerprint density at radius 3 is 1.92 bits per heavy atom. The maximum atomic E-state index is 12.6. The molecule has 0 nitrogen and oxygen atoms in total. The maximum absolute atomic E-state index is 12.6. The van der Waals surface area contributed by atoms with Crippen LogP contribution in [0, 0.1) is 17.5 Å². The Labute approximate surface area is 73.8 Å². The van der Waals surface area contributed by atoms with Crippen molar-refractivity contribution in [3.63, 3.8) is 0 Å². The zero-order valence-corrected chi connectivity index (χ0v) is 7.21. The molecule has 0 aliphatic heterocycles. The Kier molecular flexibility index (Phi) is 2.67. The summed E-state index contributed by atoms with van der Waals surface area (Å²) in [5.74, 6) is -3.79. The second-order valence-electron chi connectivity index (χ2n) is 2.47. The van der Waals surface area contributed by atoms with Gasteiger partial charge in [0.25, 0.3) is 0 Å². The number of thiol groups is 1. The first kappa shape index (κ1) is 9.45. The molecule has 1 unspecified atom stereocenters. The van der Waals surface area contributed by atoms with Crippen LogP contribution in [-0.2, 0) is 0 Å². The molecule has 0 N–H and O–H groups in total. The van der Waals surface area contributed by atoms with Crippen molar-refractivity contribution in [3.8, 4) is 0 Å². The molecule has 0 radical (unpaired) electrons. The molecule has 1 rings (SSSR count). The molecule has 0 heterocycles. The second-order valence-corrected chi connectivity index (χ2v) is 3.25. The van der Waals surface area contributed by atoms with Crippen LogP contribution in [0.5, 0.6) is 0 Å². The van der Waals surface area contributed by atoms with E-state index < -0.39 is 17.5 Å². The summed E-state index contributed by atoms with van der Waals surface area (Å²) in [7, 11) is 0. The van der Waals surface area contributed by atoms with Gasteiger partial charge in [0.05, 0.1) is 0 Å². The summed E-state index contributed by atoms with van der Waals surface area (Å²) in [6.07, 6.45) is 0. The maximum Gasteiger partial charge on any atom is 0.194 e. The molecule has 0 saturated heterocycles. The van der Waals surface area contributed by atoms with Crippen molar-refractivity contribution in [1.82, 2.24) is 0 Å². The van der Waals surface area contributed by atoms with Crippen LogP contribution >= 0.6 is 12.6 Å². The highest BCUT2D eigenvalue weighted by molar-refractivity contribution is 7.80. The first-order valence-corrected chi connectivity index (χ1v) is 3.86. The van der Waals surface area contributed by atoms with E-state index in [-0.39, 0.29) is 5.25 Å². The minimum absolute atomic E-state index is 0.311. The van der Waals surface area contributed by atoms with E-state index in [1.54, 1.807) is 6.92 Å². The first-order chi connectivity index (χ1) is 5.52. The molecule has 0 spiro atoms. The van der Waals surface area contributed by atoms with E-state index in [1.165, 1.54) is 0 Å². The quantitative estimate of drug-likeness (QED) is 0.513. The molecule has 1 atom stereocenters. The summed E-state index contributed by atoms with van der Waals surface area (Å²) < 4.78 is 37.5. The average molecular weight is 192 g/mol. The lowest BCUT2D eigenvalue weighted by molar-refractivity contribution is 0.445. The molecule has 0 aliphatic carbocycles. The zero-order chi connectivity index (χ0) is 9.30. The smallest absolute Gasteiger partial charge is 0.194 e. The highest BCUT2D eigenvalue weighted by Crippen LogP contribution is 2.22. The number of rotatable bonds is 1. The van der Waals surface area contributed by atoms with Gasteiger partial charge in [-0.05, 0) is 24.6 Å². The van der Waals surface area contributed by atoms with E-state index in [0.29, 0.717) is 5.56 Å². The topological polar surface area (TPSA) is 0 Å². The van der Waals surface area contributed by atoms with Crippen molar-refractivity contribution >= 4 is 12.6 Å². The highest BCUT2D eigenvalue weighted by Gasteiger charge is 2.11. The van der Waals surface area contributed by atoms with Gasteiger partial charge in [-0.15, -0.1) is 0 Å². The van der Waals surface area contributed by atoms with Crippen LogP contribution in [0.15, 0.2) is 12.1 Å². The first-order valence-electron chi connectivity index (χ1n) is 3.35. The van der Waals surface area contributed by atoms with E-state index in [0.717, 1.165) is 12.1 Å². The summed E-state index contributed by atoms with van der Waals surface area (Å²) >= 11 is 3.96. The highest BCUT2D eigenvalue weighted by atomic mass is 32.1. The van der Waals surface area contributed by atoms with E-state index in [2.05, 4.69) is 12.6 Å². The van der Waals surface area contributed by atoms with Crippen molar-refractivity contribution in [2.75, 3.05) is 0 Å². The second kappa shape index (κ2) is 3.39. The third-order valence-corrected chi connectivity index (χ3v) is 1.79. The van der Waals surface area contributed by atoms with Crippen LogP contribution in [0.3, 0.4) is 0 Å². The SMILES string of the molecule is CC(S)c1cc(F)c(F)c(F)c1. The number of hydrogen-bond donors (Lipinski definition) is 1. The summed E-state index contributed by atoms with van der Waals surface area (Å²) in [5, 5.41) is -0.311. The number of hydrogen-bond acceptors (Lipinski definition) is 1. The van der Waals surface area contributed by atoms with E-state index in [4.69, 9.17) is 0 Å². The van der Waals surface area contributed by atoms with Crippen molar-refractivity contribution < 1.29 is 13.2 Å². The summed E-state index contributed by atoms with van der Waals surface area (Å²) in [6.45, 7) is 1.65. The van der Waals surface area contributed by atoms with Gasteiger partial charge in [0, 0.05) is 5.25 Å². The lowest BCUT2D eigenvalue weighted by Gasteiger charge is -2.04. The van der Waals surface area contributed by atoms with Gasteiger partial charge in [-0.2, -0.15) is 12.6 Å². The normalized spacial score (nSPS) is 13.1. The van der Waals surface area contributed by atoms with E-state index in [9.17, 15) is 13.2 Å². The molecule has 0 saturated carbocycles. The van der Waals surface area contributed by atoms with Gasteiger partial charge in [-0.3, -0.25) is 0 Å². The fourth-order valence-corrected chi connectivity index (χ4v) is 0.965. The Balaban J connectivity index is 3.21. The van der Waals surface area contributed by atoms with Gasteiger partial charge >= 0.3 is 0 Å². The monoisotopic (exact) mass is 192 g/mol.